The zero-order valence-electron chi connectivity index (χ0n) is 12.5. The van der Waals surface area contributed by atoms with Gasteiger partial charge in [-0.15, -0.1) is 0 Å². The first-order chi connectivity index (χ1) is 10.2. The van der Waals surface area contributed by atoms with Crippen molar-refractivity contribution in [3.8, 4) is 0 Å². The molecule has 1 aromatic heterocycles. The van der Waals surface area contributed by atoms with Gasteiger partial charge in [-0.3, -0.25) is 9.78 Å². The number of carbonyl (C=O) groups is 1. The predicted molar refractivity (Wildman–Crippen MR) is 85.3 cm³/mol. The molecule has 1 aromatic carbocycles. The van der Waals surface area contributed by atoms with Crippen molar-refractivity contribution in [2.75, 3.05) is 18.4 Å². The fraction of sp³-hybridized carbons (Fsp3) is 0.294. The van der Waals surface area contributed by atoms with Crippen LogP contribution in [-0.4, -0.2) is 28.9 Å². The number of pyridine rings is 1. The summed E-state index contributed by atoms with van der Waals surface area (Å²) < 4.78 is 0. The molecule has 1 N–H and O–H groups in total. The standard InChI is InChI=1S/C17H21N3O/c1-3-18-15-10-8-14(9-11-15)17(21)20(4-2)13-16-7-5-6-12-19-16/h5-12,18H,3-4,13H2,1-2H3. The molecule has 0 unspecified atom stereocenters. The Morgan fingerprint density at radius 2 is 1.90 bits per heavy atom. The second kappa shape index (κ2) is 7.43. The molecule has 1 heterocycles. The average Bonchev–Trinajstić information content (AvgIpc) is 2.54. The number of benzene rings is 1. The summed E-state index contributed by atoms with van der Waals surface area (Å²) in [4.78, 5) is 18.6. The van der Waals surface area contributed by atoms with E-state index in [-0.39, 0.29) is 5.91 Å². The first kappa shape index (κ1) is 15.0. The molecule has 21 heavy (non-hydrogen) atoms. The van der Waals surface area contributed by atoms with Crippen LogP contribution in [0.5, 0.6) is 0 Å². The second-order valence-corrected chi connectivity index (χ2v) is 4.75. The number of nitrogens with one attached hydrogen (secondary N) is 1. The van der Waals surface area contributed by atoms with Crippen molar-refractivity contribution in [1.29, 1.82) is 0 Å². The summed E-state index contributed by atoms with van der Waals surface area (Å²) in [5, 5.41) is 3.22. The van der Waals surface area contributed by atoms with Crippen molar-refractivity contribution in [3.05, 3.63) is 59.9 Å². The summed E-state index contributed by atoms with van der Waals surface area (Å²) in [6, 6.07) is 13.3. The topological polar surface area (TPSA) is 45.2 Å². The molecule has 0 saturated heterocycles. The maximum atomic E-state index is 12.5. The largest absolute Gasteiger partial charge is 0.385 e. The molecule has 0 spiro atoms. The molecule has 0 atom stereocenters. The Labute approximate surface area is 125 Å². The highest BCUT2D eigenvalue weighted by Gasteiger charge is 2.14. The van der Waals surface area contributed by atoms with E-state index in [1.807, 2.05) is 56.3 Å². The molecule has 110 valence electrons. The summed E-state index contributed by atoms with van der Waals surface area (Å²) in [6.45, 7) is 6.09. The van der Waals surface area contributed by atoms with E-state index in [1.54, 1.807) is 11.1 Å². The highest BCUT2D eigenvalue weighted by Crippen LogP contribution is 2.13. The SMILES string of the molecule is CCNc1ccc(C(=O)N(CC)Cc2ccccn2)cc1. The Morgan fingerprint density at radius 3 is 2.48 bits per heavy atom. The number of hydrogen-bond donors (Lipinski definition) is 1. The summed E-state index contributed by atoms with van der Waals surface area (Å²) in [5.41, 5.74) is 2.63. The van der Waals surface area contributed by atoms with Gasteiger partial charge in [0.1, 0.15) is 0 Å². The third-order valence-electron chi connectivity index (χ3n) is 3.26. The Balaban J connectivity index is 2.08. The number of hydrogen-bond acceptors (Lipinski definition) is 3. The van der Waals surface area contributed by atoms with Crippen molar-refractivity contribution in [2.24, 2.45) is 0 Å². The third kappa shape index (κ3) is 4.05. The number of anilines is 1. The zero-order chi connectivity index (χ0) is 15.1. The molecule has 0 radical (unpaired) electrons. The molecule has 0 aliphatic heterocycles. The molecule has 0 bridgehead atoms. The Bertz CT molecular complexity index is 566. The maximum absolute atomic E-state index is 12.5. The van der Waals surface area contributed by atoms with Gasteiger partial charge in [0.15, 0.2) is 0 Å². The van der Waals surface area contributed by atoms with Gasteiger partial charge in [-0.05, 0) is 50.2 Å². The number of nitrogens with zero attached hydrogens (tertiary/aromatic N) is 2. The van der Waals surface area contributed by atoms with Gasteiger partial charge >= 0.3 is 0 Å². The van der Waals surface area contributed by atoms with Gasteiger partial charge in [0.25, 0.3) is 5.91 Å². The lowest BCUT2D eigenvalue weighted by molar-refractivity contribution is 0.0750. The first-order valence-electron chi connectivity index (χ1n) is 7.27. The van der Waals surface area contributed by atoms with E-state index in [0.717, 1.165) is 17.9 Å². The number of amides is 1. The van der Waals surface area contributed by atoms with Crippen LogP contribution in [-0.2, 0) is 6.54 Å². The number of rotatable bonds is 6. The minimum atomic E-state index is 0.0335. The molecule has 0 saturated carbocycles. The number of carbonyl (C=O) groups excluding carboxylic acids is 1. The van der Waals surface area contributed by atoms with Gasteiger partial charge in [0.2, 0.25) is 0 Å². The molecule has 4 nitrogen and oxygen atoms in total. The Morgan fingerprint density at radius 1 is 1.14 bits per heavy atom. The van der Waals surface area contributed by atoms with Crippen molar-refractivity contribution in [2.45, 2.75) is 20.4 Å². The lowest BCUT2D eigenvalue weighted by atomic mass is 10.1. The Hall–Kier alpha value is -2.36. The average molecular weight is 283 g/mol. The second-order valence-electron chi connectivity index (χ2n) is 4.75. The van der Waals surface area contributed by atoms with E-state index >= 15 is 0 Å². The fourth-order valence-electron chi connectivity index (χ4n) is 2.13. The maximum Gasteiger partial charge on any atom is 0.254 e. The predicted octanol–water partition coefficient (Wildman–Crippen LogP) is 3.18. The van der Waals surface area contributed by atoms with E-state index in [4.69, 9.17) is 0 Å². The van der Waals surface area contributed by atoms with Crippen LogP contribution in [0.1, 0.15) is 29.9 Å². The van der Waals surface area contributed by atoms with Crippen LogP contribution in [0, 0.1) is 0 Å². The summed E-state index contributed by atoms with van der Waals surface area (Å²) >= 11 is 0. The molecule has 4 heteroatoms. The van der Waals surface area contributed by atoms with Crippen molar-refractivity contribution in [1.82, 2.24) is 9.88 Å². The summed E-state index contributed by atoms with van der Waals surface area (Å²) in [5.74, 6) is 0.0335. The van der Waals surface area contributed by atoms with Gasteiger partial charge in [0, 0.05) is 30.5 Å². The van der Waals surface area contributed by atoms with Gasteiger partial charge in [-0.25, -0.2) is 0 Å². The van der Waals surface area contributed by atoms with Crippen LogP contribution < -0.4 is 5.32 Å². The molecule has 0 aliphatic rings. The van der Waals surface area contributed by atoms with Crippen LogP contribution >= 0.6 is 0 Å². The lowest BCUT2D eigenvalue weighted by Crippen LogP contribution is -2.30. The third-order valence-corrected chi connectivity index (χ3v) is 3.26. The fourth-order valence-corrected chi connectivity index (χ4v) is 2.13. The molecule has 0 fully saturated rings. The van der Waals surface area contributed by atoms with Crippen LogP contribution in [0.3, 0.4) is 0 Å². The van der Waals surface area contributed by atoms with Crippen LogP contribution in [0.2, 0.25) is 0 Å². The highest BCUT2D eigenvalue weighted by atomic mass is 16.2. The van der Waals surface area contributed by atoms with Crippen LogP contribution in [0.15, 0.2) is 48.7 Å². The smallest absolute Gasteiger partial charge is 0.254 e. The molecule has 2 aromatic rings. The summed E-state index contributed by atoms with van der Waals surface area (Å²) in [6.07, 6.45) is 1.75. The van der Waals surface area contributed by atoms with Crippen LogP contribution in [0.4, 0.5) is 5.69 Å². The zero-order valence-corrected chi connectivity index (χ0v) is 12.5. The van der Waals surface area contributed by atoms with Crippen LogP contribution in [0.25, 0.3) is 0 Å². The van der Waals surface area contributed by atoms with Gasteiger partial charge in [-0.2, -0.15) is 0 Å². The molecule has 0 aliphatic carbocycles. The minimum absolute atomic E-state index is 0.0335. The Kier molecular flexibility index (Phi) is 5.32. The summed E-state index contributed by atoms with van der Waals surface area (Å²) in [7, 11) is 0. The van der Waals surface area contributed by atoms with E-state index in [0.29, 0.717) is 18.7 Å². The lowest BCUT2D eigenvalue weighted by Gasteiger charge is -2.20. The van der Waals surface area contributed by atoms with Gasteiger partial charge in [-0.1, -0.05) is 6.07 Å². The quantitative estimate of drug-likeness (QED) is 0.885. The van der Waals surface area contributed by atoms with Crippen molar-refractivity contribution in [3.63, 3.8) is 0 Å². The molecule has 2 rings (SSSR count). The van der Waals surface area contributed by atoms with E-state index in [1.165, 1.54) is 0 Å². The molecular weight excluding hydrogens is 262 g/mol. The van der Waals surface area contributed by atoms with Gasteiger partial charge < -0.3 is 10.2 Å². The molecule has 1 amide bonds. The normalized spacial score (nSPS) is 10.2. The van der Waals surface area contributed by atoms with E-state index < -0.39 is 0 Å². The van der Waals surface area contributed by atoms with E-state index in [9.17, 15) is 4.79 Å². The molecular formula is C17H21N3O. The van der Waals surface area contributed by atoms with Gasteiger partial charge in [0.05, 0.1) is 12.2 Å². The monoisotopic (exact) mass is 283 g/mol. The van der Waals surface area contributed by atoms with E-state index in [2.05, 4.69) is 10.3 Å². The first-order valence-corrected chi connectivity index (χ1v) is 7.27. The minimum Gasteiger partial charge on any atom is -0.385 e. The highest BCUT2D eigenvalue weighted by molar-refractivity contribution is 5.94. The van der Waals surface area contributed by atoms with Crippen molar-refractivity contribution < 1.29 is 4.79 Å². The number of aromatic nitrogens is 1. The van der Waals surface area contributed by atoms with Crippen molar-refractivity contribution >= 4 is 11.6 Å².